The summed E-state index contributed by atoms with van der Waals surface area (Å²) in [4.78, 5) is 33.7. The Hall–Kier alpha value is -1.67. The molecule has 0 aromatic carbocycles. The van der Waals surface area contributed by atoms with E-state index in [1.54, 1.807) is 6.92 Å². The Morgan fingerprint density at radius 2 is 1.24 bits per heavy atom. The fraction of sp³-hybridized carbons (Fsp3) is 0.769. The summed E-state index contributed by atoms with van der Waals surface area (Å²) in [6.45, 7) is 5.27. The number of rotatable bonds is 4. The van der Waals surface area contributed by atoms with E-state index >= 15 is 0 Å². The van der Waals surface area contributed by atoms with Crippen molar-refractivity contribution in [2.75, 3.05) is 7.11 Å². The molecule has 1 aliphatic rings. The van der Waals surface area contributed by atoms with Crippen LogP contribution in [0.5, 0.6) is 0 Å². The summed E-state index contributed by atoms with van der Waals surface area (Å²) < 4.78 is 26.0. The summed E-state index contributed by atoms with van der Waals surface area (Å²) >= 11 is 0. The maximum atomic E-state index is 11.3. The molecule has 21 heavy (non-hydrogen) atoms. The average molecular weight is 304 g/mol. The number of hydrogen-bond acceptors (Lipinski definition) is 8. The van der Waals surface area contributed by atoms with E-state index in [4.69, 9.17) is 23.7 Å². The Kier molecular flexibility index (Phi) is 6.10. The number of carbonyl (C=O) groups is 3. The average Bonchev–Trinajstić information content (AvgIpc) is 2.35. The van der Waals surface area contributed by atoms with Crippen molar-refractivity contribution in [3.05, 3.63) is 0 Å². The van der Waals surface area contributed by atoms with Gasteiger partial charge in [-0.15, -0.1) is 0 Å². The molecule has 0 aromatic heterocycles. The van der Waals surface area contributed by atoms with E-state index < -0.39 is 48.6 Å². The Balaban J connectivity index is 3.08. The molecule has 2 unspecified atom stereocenters. The maximum absolute atomic E-state index is 11.3. The summed E-state index contributed by atoms with van der Waals surface area (Å²) in [5.74, 6) is -1.76. The van der Waals surface area contributed by atoms with Gasteiger partial charge in [-0.25, -0.2) is 0 Å². The highest BCUT2D eigenvalue weighted by atomic mass is 16.7. The predicted molar refractivity (Wildman–Crippen MR) is 68.0 cm³/mol. The molecule has 0 bridgehead atoms. The van der Waals surface area contributed by atoms with Crippen LogP contribution in [0.15, 0.2) is 0 Å². The standard InChI is InChI=1S/C13H20O8/c1-6-10(19-7(2)14)11(20-8(3)15)12(21-9(4)16)13(17-5)18-6/h6,10-13H,1-5H3/t6?,10-,11?,12-,13+/m0/s1. The molecule has 0 aromatic rings. The molecule has 5 atom stereocenters. The van der Waals surface area contributed by atoms with Gasteiger partial charge in [0.1, 0.15) is 0 Å². The molecule has 0 saturated carbocycles. The number of methoxy groups -OCH3 is 1. The van der Waals surface area contributed by atoms with Crippen LogP contribution in [0.3, 0.4) is 0 Å². The first-order valence-electron chi connectivity index (χ1n) is 6.46. The van der Waals surface area contributed by atoms with Gasteiger partial charge >= 0.3 is 17.9 Å². The molecule has 0 aliphatic carbocycles. The van der Waals surface area contributed by atoms with Crippen LogP contribution in [0.1, 0.15) is 27.7 Å². The van der Waals surface area contributed by atoms with Crippen LogP contribution in [0.4, 0.5) is 0 Å². The molecular formula is C13H20O8. The van der Waals surface area contributed by atoms with Gasteiger partial charge in [0.2, 0.25) is 0 Å². The minimum absolute atomic E-state index is 0.565. The van der Waals surface area contributed by atoms with E-state index in [0.29, 0.717) is 0 Å². The van der Waals surface area contributed by atoms with Crippen LogP contribution >= 0.6 is 0 Å². The van der Waals surface area contributed by atoms with Crippen molar-refractivity contribution in [2.24, 2.45) is 0 Å². The van der Waals surface area contributed by atoms with Gasteiger partial charge in [0.25, 0.3) is 0 Å². The third kappa shape index (κ3) is 4.68. The molecule has 1 heterocycles. The first-order valence-corrected chi connectivity index (χ1v) is 6.46. The molecule has 0 spiro atoms. The molecule has 1 aliphatic heterocycles. The van der Waals surface area contributed by atoms with E-state index in [0.717, 1.165) is 0 Å². The van der Waals surface area contributed by atoms with Gasteiger partial charge in [-0.2, -0.15) is 0 Å². The van der Waals surface area contributed by atoms with Gasteiger partial charge in [-0.05, 0) is 6.92 Å². The minimum atomic E-state index is -1.03. The van der Waals surface area contributed by atoms with Crippen LogP contribution in [-0.2, 0) is 38.1 Å². The van der Waals surface area contributed by atoms with E-state index in [9.17, 15) is 14.4 Å². The first-order chi connectivity index (χ1) is 9.76. The predicted octanol–water partition coefficient (Wildman–Crippen LogP) is 0.173. The van der Waals surface area contributed by atoms with E-state index in [-0.39, 0.29) is 0 Å². The Labute approximate surface area is 122 Å². The maximum Gasteiger partial charge on any atom is 0.303 e. The van der Waals surface area contributed by atoms with Crippen LogP contribution in [0.25, 0.3) is 0 Å². The summed E-state index contributed by atoms with van der Waals surface area (Å²) in [5.41, 5.74) is 0. The summed E-state index contributed by atoms with van der Waals surface area (Å²) in [7, 11) is 1.37. The lowest BCUT2D eigenvalue weighted by Crippen LogP contribution is -2.60. The molecule has 1 saturated heterocycles. The second-order valence-electron chi connectivity index (χ2n) is 4.67. The number of carbonyl (C=O) groups excluding carboxylic acids is 3. The molecule has 1 rings (SSSR count). The largest absolute Gasteiger partial charge is 0.456 e. The fourth-order valence-corrected chi connectivity index (χ4v) is 2.16. The summed E-state index contributed by atoms with van der Waals surface area (Å²) in [6, 6.07) is 0. The van der Waals surface area contributed by atoms with E-state index in [2.05, 4.69) is 0 Å². The summed E-state index contributed by atoms with van der Waals surface area (Å²) in [6.07, 6.45) is -4.47. The van der Waals surface area contributed by atoms with Crippen molar-refractivity contribution < 1.29 is 38.1 Å². The second-order valence-corrected chi connectivity index (χ2v) is 4.67. The summed E-state index contributed by atoms with van der Waals surface area (Å²) in [5, 5.41) is 0. The quantitative estimate of drug-likeness (QED) is 0.535. The molecule has 0 radical (unpaired) electrons. The van der Waals surface area contributed by atoms with Gasteiger partial charge in [-0.3, -0.25) is 14.4 Å². The molecule has 0 N–H and O–H groups in total. The van der Waals surface area contributed by atoms with Crippen molar-refractivity contribution in [2.45, 2.75) is 58.4 Å². The van der Waals surface area contributed by atoms with Gasteiger partial charge in [0.15, 0.2) is 24.6 Å². The van der Waals surface area contributed by atoms with Crippen molar-refractivity contribution in [3.63, 3.8) is 0 Å². The van der Waals surface area contributed by atoms with Gasteiger partial charge in [0, 0.05) is 27.9 Å². The number of esters is 3. The fourth-order valence-electron chi connectivity index (χ4n) is 2.16. The van der Waals surface area contributed by atoms with E-state index in [1.165, 1.54) is 27.9 Å². The third-order valence-electron chi connectivity index (χ3n) is 2.87. The minimum Gasteiger partial charge on any atom is -0.456 e. The number of ether oxygens (including phenoxy) is 5. The lowest BCUT2D eigenvalue weighted by molar-refractivity contribution is -0.294. The Morgan fingerprint density at radius 1 is 0.810 bits per heavy atom. The lowest BCUT2D eigenvalue weighted by Gasteiger charge is -2.42. The molecular weight excluding hydrogens is 284 g/mol. The zero-order chi connectivity index (χ0) is 16.2. The first kappa shape index (κ1) is 17.4. The van der Waals surface area contributed by atoms with Gasteiger partial charge in [-0.1, -0.05) is 0 Å². The van der Waals surface area contributed by atoms with E-state index in [1.807, 2.05) is 0 Å². The SMILES string of the molecule is CO[C@@H]1OC(C)[C@H](OC(C)=O)C(OC(C)=O)[C@@H]1OC(C)=O. The number of hydrogen-bond donors (Lipinski definition) is 0. The smallest absolute Gasteiger partial charge is 0.303 e. The molecule has 120 valence electrons. The highest BCUT2D eigenvalue weighted by molar-refractivity contribution is 5.68. The zero-order valence-corrected chi connectivity index (χ0v) is 12.7. The molecule has 1 fully saturated rings. The van der Waals surface area contributed by atoms with Gasteiger partial charge < -0.3 is 23.7 Å². The molecule has 0 amide bonds. The van der Waals surface area contributed by atoms with Crippen molar-refractivity contribution in [3.8, 4) is 0 Å². The van der Waals surface area contributed by atoms with Crippen LogP contribution in [0.2, 0.25) is 0 Å². The van der Waals surface area contributed by atoms with Crippen molar-refractivity contribution in [1.82, 2.24) is 0 Å². The normalized spacial score (nSPS) is 32.1. The molecule has 8 heteroatoms. The highest BCUT2D eigenvalue weighted by Gasteiger charge is 2.50. The van der Waals surface area contributed by atoms with Gasteiger partial charge in [0.05, 0.1) is 6.10 Å². The molecule has 8 nitrogen and oxygen atoms in total. The van der Waals surface area contributed by atoms with Crippen molar-refractivity contribution in [1.29, 1.82) is 0 Å². The topological polar surface area (TPSA) is 97.4 Å². The van der Waals surface area contributed by atoms with Crippen LogP contribution in [0, 0.1) is 0 Å². The van der Waals surface area contributed by atoms with Crippen LogP contribution < -0.4 is 0 Å². The highest BCUT2D eigenvalue weighted by Crippen LogP contribution is 2.28. The monoisotopic (exact) mass is 304 g/mol. The Bertz CT molecular complexity index is 407. The van der Waals surface area contributed by atoms with Crippen molar-refractivity contribution >= 4 is 17.9 Å². The second kappa shape index (κ2) is 7.37. The third-order valence-corrected chi connectivity index (χ3v) is 2.87. The zero-order valence-electron chi connectivity index (χ0n) is 12.7. The lowest BCUT2D eigenvalue weighted by atomic mass is 9.99. The van der Waals surface area contributed by atoms with Crippen LogP contribution in [-0.4, -0.2) is 55.7 Å². The Morgan fingerprint density at radius 3 is 1.67 bits per heavy atom.